The van der Waals surface area contributed by atoms with Gasteiger partial charge in [-0.25, -0.2) is 4.39 Å². The van der Waals surface area contributed by atoms with Crippen LogP contribution in [0.5, 0.6) is 5.75 Å². The molecular formula is C23H25FN4O. The van der Waals surface area contributed by atoms with Gasteiger partial charge in [0.2, 0.25) is 0 Å². The van der Waals surface area contributed by atoms with Crippen molar-refractivity contribution in [3.63, 3.8) is 0 Å². The number of H-pyrrole nitrogens is 1. The summed E-state index contributed by atoms with van der Waals surface area (Å²) in [5.41, 5.74) is 2.99. The first-order valence-electron chi connectivity index (χ1n) is 10.3. The molecule has 150 valence electrons. The molecular weight excluding hydrogens is 367 g/mol. The zero-order chi connectivity index (χ0) is 19.8. The first kappa shape index (κ1) is 18.2. The normalized spacial score (nSPS) is 23.6. The molecule has 2 aliphatic heterocycles. The van der Waals surface area contributed by atoms with Crippen molar-refractivity contribution in [3.05, 3.63) is 58.5 Å². The molecule has 0 saturated heterocycles. The van der Waals surface area contributed by atoms with E-state index < -0.39 is 0 Å². The Morgan fingerprint density at radius 3 is 2.72 bits per heavy atom. The molecule has 1 aromatic carbocycles. The number of halogens is 1. The second-order valence-corrected chi connectivity index (χ2v) is 8.04. The number of fused-ring (bicyclic) bond motifs is 3. The fourth-order valence-corrected chi connectivity index (χ4v) is 4.74. The second-order valence-electron chi connectivity index (χ2n) is 8.04. The van der Waals surface area contributed by atoms with Crippen LogP contribution in [0.4, 0.5) is 10.1 Å². The van der Waals surface area contributed by atoms with E-state index in [1.54, 1.807) is 12.3 Å². The van der Waals surface area contributed by atoms with Gasteiger partial charge < -0.3 is 14.6 Å². The number of nitrogens with one attached hydrogen (secondary N) is 1. The Morgan fingerprint density at radius 2 is 1.93 bits per heavy atom. The maximum Gasteiger partial charge on any atom is 0.126 e. The summed E-state index contributed by atoms with van der Waals surface area (Å²) in [6.07, 6.45) is 7.33. The van der Waals surface area contributed by atoms with Crippen LogP contribution in [-0.4, -0.2) is 24.7 Å². The van der Waals surface area contributed by atoms with Gasteiger partial charge in [-0.2, -0.15) is 10.2 Å². The van der Waals surface area contributed by atoms with E-state index in [1.165, 1.54) is 0 Å². The number of anilines is 1. The second kappa shape index (κ2) is 7.50. The number of ether oxygens (including phenoxy) is 1. The fraction of sp³-hybridized carbons (Fsp3) is 0.391. The number of aromatic nitrogens is 1. The summed E-state index contributed by atoms with van der Waals surface area (Å²) < 4.78 is 21.4. The van der Waals surface area contributed by atoms with Crippen LogP contribution in [0.2, 0.25) is 0 Å². The molecule has 3 heterocycles. The van der Waals surface area contributed by atoms with Crippen LogP contribution in [0.1, 0.15) is 31.2 Å². The lowest BCUT2D eigenvalue weighted by Crippen LogP contribution is -2.28. The van der Waals surface area contributed by atoms with Crippen molar-refractivity contribution in [2.75, 3.05) is 18.5 Å². The molecule has 29 heavy (non-hydrogen) atoms. The minimum atomic E-state index is -0.101. The smallest absolute Gasteiger partial charge is 0.126 e. The van der Waals surface area contributed by atoms with Crippen molar-refractivity contribution < 1.29 is 9.13 Å². The predicted octanol–water partition coefficient (Wildman–Crippen LogP) is 3.81. The standard InChI is InChI=1S/C23H25FN4O/c1-28-12-11-19(24)21(22-23(28)18-13-25-26-14-20(18)27-22)15-7-9-17(10-8-15)29-16-5-3-2-4-6-16/h2-6,11,14-15,17,27H,7-10,12-13H2,1H3. The summed E-state index contributed by atoms with van der Waals surface area (Å²) >= 11 is 0. The molecule has 1 fully saturated rings. The monoisotopic (exact) mass is 392 g/mol. The van der Waals surface area contributed by atoms with Crippen molar-refractivity contribution >= 4 is 17.5 Å². The highest BCUT2D eigenvalue weighted by Crippen LogP contribution is 2.37. The highest BCUT2D eigenvalue weighted by molar-refractivity contribution is 5.72. The van der Waals surface area contributed by atoms with Crippen LogP contribution in [0.3, 0.4) is 0 Å². The molecule has 0 unspecified atom stereocenters. The van der Waals surface area contributed by atoms with Crippen LogP contribution < -0.4 is 20.3 Å². The van der Waals surface area contributed by atoms with Crippen LogP contribution >= 0.6 is 0 Å². The summed E-state index contributed by atoms with van der Waals surface area (Å²) in [7, 11) is 2.01. The number of hydrogen-bond donors (Lipinski definition) is 1. The van der Waals surface area contributed by atoms with E-state index in [2.05, 4.69) is 20.1 Å². The molecule has 1 saturated carbocycles. The Hall–Kier alpha value is -2.89. The number of rotatable bonds is 3. The average molecular weight is 392 g/mol. The summed E-state index contributed by atoms with van der Waals surface area (Å²) in [4.78, 5) is 5.56. The molecule has 6 heteroatoms. The SMILES string of the molecule is CN1CC=C(F)C(C2CCC(Oc3ccccc3)CC2)=c2[nH]c3c(c21)CN=NC=3. The van der Waals surface area contributed by atoms with Crippen molar-refractivity contribution in [2.45, 2.75) is 38.3 Å². The quantitative estimate of drug-likeness (QED) is 0.864. The lowest BCUT2D eigenvalue weighted by molar-refractivity contribution is 0.142. The Balaban J connectivity index is 1.46. The lowest BCUT2D eigenvalue weighted by Gasteiger charge is -2.30. The molecule has 1 aliphatic carbocycles. The lowest BCUT2D eigenvalue weighted by atomic mass is 9.81. The van der Waals surface area contributed by atoms with E-state index in [0.717, 1.165) is 59.0 Å². The molecule has 0 amide bonds. The first-order chi connectivity index (χ1) is 14.2. The van der Waals surface area contributed by atoms with Crippen LogP contribution in [0, 0.1) is 5.92 Å². The van der Waals surface area contributed by atoms with Gasteiger partial charge in [0.05, 0.1) is 35.2 Å². The number of aromatic amines is 1. The molecule has 5 rings (SSSR count). The maximum atomic E-state index is 15.2. The predicted molar refractivity (Wildman–Crippen MR) is 112 cm³/mol. The third-order valence-electron chi connectivity index (χ3n) is 6.19. The summed E-state index contributed by atoms with van der Waals surface area (Å²) in [5, 5.41) is 10.0. The largest absolute Gasteiger partial charge is 0.490 e. The number of likely N-dealkylation sites (N-methyl/N-ethyl adjacent to an activating group) is 1. The van der Waals surface area contributed by atoms with Crippen LogP contribution in [0.15, 0.2) is 52.5 Å². The van der Waals surface area contributed by atoms with Crippen molar-refractivity contribution in [1.29, 1.82) is 0 Å². The Morgan fingerprint density at radius 1 is 1.14 bits per heavy atom. The zero-order valence-electron chi connectivity index (χ0n) is 16.6. The number of allylic oxidation sites excluding steroid dienone is 1. The molecule has 1 aromatic heterocycles. The molecule has 2 aromatic rings. The van der Waals surface area contributed by atoms with Gasteiger partial charge in [-0.05, 0) is 49.8 Å². The number of para-hydroxylation sites is 1. The average Bonchev–Trinajstić information content (AvgIpc) is 3.08. The number of benzene rings is 1. The van der Waals surface area contributed by atoms with E-state index in [4.69, 9.17) is 4.74 Å². The Kier molecular flexibility index (Phi) is 4.70. The molecule has 0 spiro atoms. The van der Waals surface area contributed by atoms with Gasteiger partial charge in [-0.15, -0.1) is 0 Å². The maximum absolute atomic E-state index is 15.2. The van der Waals surface area contributed by atoms with Crippen molar-refractivity contribution in [2.24, 2.45) is 16.1 Å². The van der Waals surface area contributed by atoms with E-state index >= 15 is 4.39 Å². The van der Waals surface area contributed by atoms with E-state index in [1.807, 2.05) is 37.4 Å². The molecule has 0 radical (unpaired) electrons. The van der Waals surface area contributed by atoms with Gasteiger partial charge in [-0.1, -0.05) is 18.2 Å². The number of nitrogens with zero attached hydrogens (tertiary/aromatic N) is 3. The third-order valence-corrected chi connectivity index (χ3v) is 6.19. The van der Waals surface area contributed by atoms with Crippen molar-refractivity contribution in [1.82, 2.24) is 4.98 Å². The Labute approximate surface area is 169 Å². The van der Waals surface area contributed by atoms with Gasteiger partial charge in [0.1, 0.15) is 11.6 Å². The molecule has 3 aliphatic rings. The van der Waals surface area contributed by atoms with Crippen molar-refractivity contribution in [3.8, 4) is 5.75 Å². The summed E-state index contributed by atoms with van der Waals surface area (Å²) in [5.74, 6) is 0.991. The van der Waals surface area contributed by atoms with Gasteiger partial charge in [0.15, 0.2) is 0 Å². The van der Waals surface area contributed by atoms with Crippen LogP contribution in [0.25, 0.3) is 11.8 Å². The highest BCUT2D eigenvalue weighted by atomic mass is 19.1. The highest BCUT2D eigenvalue weighted by Gasteiger charge is 2.30. The number of azo groups is 1. The molecule has 5 nitrogen and oxygen atoms in total. The topological polar surface area (TPSA) is 53.0 Å². The molecule has 0 bridgehead atoms. The Bertz CT molecular complexity index is 1080. The van der Waals surface area contributed by atoms with E-state index in [0.29, 0.717) is 13.1 Å². The third kappa shape index (κ3) is 3.37. The first-order valence-corrected chi connectivity index (χ1v) is 10.3. The molecule has 0 atom stereocenters. The fourth-order valence-electron chi connectivity index (χ4n) is 4.74. The minimum absolute atomic E-state index is 0.101. The van der Waals surface area contributed by atoms with Gasteiger partial charge >= 0.3 is 0 Å². The van der Waals surface area contributed by atoms with Gasteiger partial charge in [-0.3, -0.25) is 0 Å². The van der Waals surface area contributed by atoms with Crippen LogP contribution in [-0.2, 0) is 6.54 Å². The number of hydrogen-bond acceptors (Lipinski definition) is 4. The van der Waals surface area contributed by atoms with E-state index in [9.17, 15) is 0 Å². The van der Waals surface area contributed by atoms with Gasteiger partial charge in [0, 0.05) is 24.7 Å². The molecule has 1 N–H and O–H groups in total. The summed E-state index contributed by atoms with van der Waals surface area (Å²) in [6.45, 7) is 1.09. The van der Waals surface area contributed by atoms with Gasteiger partial charge in [0.25, 0.3) is 0 Å². The summed E-state index contributed by atoms with van der Waals surface area (Å²) in [6, 6.07) is 9.95. The minimum Gasteiger partial charge on any atom is -0.490 e. The zero-order valence-corrected chi connectivity index (χ0v) is 16.6. The van der Waals surface area contributed by atoms with E-state index in [-0.39, 0.29) is 17.8 Å².